The molecule has 1 aromatic carbocycles. The third-order valence-corrected chi connectivity index (χ3v) is 6.43. The Kier molecular flexibility index (Phi) is 4.91. The largest absolute Gasteiger partial charge is 0.480 e. The van der Waals surface area contributed by atoms with Gasteiger partial charge >= 0.3 is 12.1 Å². The van der Waals surface area contributed by atoms with Gasteiger partial charge in [-0.15, -0.1) is 0 Å². The molecule has 10 heteroatoms. The molecule has 1 heterocycles. The number of rotatable bonds is 5. The molecule has 0 bridgehead atoms. The molecule has 0 saturated carbocycles. The zero-order chi connectivity index (χ0) is 18.3. The van der Waals surface area contributed by atoms with Gasteiger partial charge in [-0.3, -0.25) is 9.69 Å². The molecule has 1 fully saturated rings. The molecule has 1 N–H and O–H groups in total. The molecule has 0 spiro atoms. The van der Waals surface area contributed by atoms with Gasteiger partial charge in [0.1, 0.15) is 11.9 Å². The molecule has 24 heavy (non-hydrogen) atoms. The second kappa shape index (κ2) is 6.32. The van der Waals surface area contributed by atoms with Crippen LogP contribution in [0.5, 0.6) is 0 Å². The molecule has 0 unspecified atom stereocenters. The second-order valence-corrected chi connectivity index (χ2v) is 9.09. The second-order valence-electron chi connectivity index (χ2n) is 5.72. The molecule has 7 nitrogen and oxygen atoms in total. The Morgan fingerprint density at radius 3 is 2.67 bits per heavy atom. The highest BCUT2D eigenvalue weighted by atomic mass is 79.9. The highest BCUT2D eigenvalue weighted by Gasteiger charge is 2.48. The summed E-state index contributed by atoms with van der Waals surface area (Å²) in [5, 5.41) is 9.25. The van der Waals surface area contributed by atoms with Gasteiger partial charge in [-0.05, 0) is 25.1 Å². The predicted octanol–water partition coefficient (Wildman–Crippen LogP) is 2.19. The van der Waals surface area contributed by atoms with Crippen molar-refractivity contribution in [2.75, 3.05) is 17.7 Å². The van der Waals surface area contributed by atoms with Crippen LogP contribution in [0.1, 0.15) is 13.3 Å². The van der Waals surface area contributed by atoms with Gasteiger partial charge in [0, 0.05) is 17.1 Å². The van der Waals surface area contributed by atoms with Crippen molar-refractivity contribution >= 4 is 43.5 Å². The van der Waals surface area contributed by atoms with E-state index >= 15 is 0 Å². The van der Waals surface area contributed by atoms with E-state index in [9.17, 15) is 27.5 Å². The monoisotopic (exact) mass is 423 g/mol. The first kappa shape index (κ1) is 18.7. The predicted molar refractivity (Wildman–Crippen MR) is 87.2 cm³/mol. The summed E-state index contributed by atoms with van der Waals surface area (Å²) >= 11 is 3.10. The highest BCUT2D eigenvalue weighted by Crippen LogP contribution is 2.31. The first-order chi connectivity index (χ1) is 11.0. The summed E-state index contributed by atoms with van der Waals surface area (Å²) in [6.07, 6.45) is -1.47. The minimum Gasteiger partial charge on any atom is -0.480 e. The fourth-order valence-corrected chi connectivity index (χ4v) is 3.50. The average Bonchev–Trinajstić information content (AvgIpc) is 2.77. The number of sulfone groups is 1. The Hall–Kier alpha value is -1.68. The minimum atomic E-state index is -3.95. The van der Waals surface area contributed by atoms with Crippen molar-refractivity contribution in [3.8, 4) is 0 Å². The van der Waals surface area contributed by atoms with Crippen molar-refractivity contribution in [3.63, 3.8) is 0 Å². The molecular formula is C14H15BrFNO6S. The molecule has 1 aliphatic heterocycles. The molecule has 0 radical (unpaired) electrons. The van der Waals surface area contributed by atoms with Crippen LogP contribution in [0.15, 0.2) is 22.7 Å². The van der Waals surface area contributed by atoms with Gasteiger partial charge in [0.25, 0.3) is 0 Å². The Balaban J connectivity index is 2.25. The van der Waals surface area contributed by atoms with E-state index in [-0.39, 0.29) is 12.2 Å². The lowest BCUT2D eigenvalue weighted by atomic mass is 10.0. The first-order valence-corrected chi connectivity index (χ1v) is 9.50. The van der Waals surface area contributed by atoms with Gasteiger partial charge in [-0.1, -0.05) is 15.9 Å². The maximum absolute atomic E-state index is 14.0. The fraction of sp³-hybridized carbons (Fsp3) is 0.429. The number of carbonyl (C=O) groups is 2. The fourth-order valence-electron chi connectivity index (χ4n) is 2.36. The van der Waals surface area contributed by atoms with Crippen molar-refractivity contribution in [2.45, 2.75) is 24.2 Å². The summed E-state index contributed by atoms with van der Waals surface area (Å²) in [6.45, 7) is 0.914. The SMILES string of the molecule is C[C@@](C[C@H]1CN(c2ccc(Br)cc2F)C(=O)O1)(C(=O)O)S(C)(=O)=O. The first-order valence-electron chi connectivity index (χ1n) is 6.82. The van der Waals surface area contributed by atoms with Crippen LogP contribution in [-0.2, 0) is 19.4 Å². The summed E-state index contributed by atoms with van der Waals surface area (Å²) in [4.78, 5) is 24.3. The number of benzene rings is 1. The molecule has 1 aliphatic rings. The molecule has 1 saturated heterocycles. The zero-order valence-electron chi connectivity index (χ0n) is 12.8. The summed E-state index contributed by atoms with van der Waals surface area (Å²) < 4.78 is 41.0. The lowest BCUT2D eigenvalue weighted by Gasteiger charge is -2.24. The number of carbonyl (C=O) groups excluding carboxylic acids is 1. The van der Waals surface area contributed by atoms with Crippen LogP contribution in [0.25, 0.3) is 0 Å². The normalized spacial score (nSPS) is 20.6. The van der Waals surface area contributed by atoms with Gasteiger partial charge in [0.15, 0.2) is 14.6 Å². The third-order valence-electron chi connectivity index (χ3n) is 3.96. The molecule has 132 valence electrons. The van der Waals surface area contributed by atoms with Crippen LogP contribution in [0, 0.1) is 5.82 Å². The Bertz CT molecular complexity index is 798. The van der Waals surface area contributed by atoms with Crippen LogP contribution in [0.3, 0.4) is 0 Å². The number of nitrogens with zero attached hydrogens (tertiary/aromatic N) is 1. The average molecular weight is 424 g/mol. The van der Waals surface area contributed by atoms with E-state index in [0.29, 0.717) is 4.47 Å². The van der Waals surface area contributed by atoms with Gasteiger partial charge in [0.2, 0.25) is 0 Å². The van der Waals surface area contributed by atoms with Crippen molar-refractivity contribution in [1.82, 2.24) is 0 Å². The van der Waals surface area contributed by atoms with E-state index in [1.807, 2.05) is 0 Å². The maximum atomic E-state index is 14.0. The molecule has 1 amide bonds. The van der Waals surface area contributed by atoms with E-state index in [0.717, 1.165) is 18.1 Å². The zero-order valence-corrected chi connectivity index (χ0v) is 15.2. The van der Waals surface area contributed by atoms with E-state index in [4.69, 9.17) is 4.74 Å². The number of halogens is 2. The molecule has 1 aromatic rings. The minimum absolute atomic E-state index is 0.0258. The van der Waals surface area contributed by atoms with Crippen LogP contribution in [0.2, 0.25) is 0 Å². The van der Waals surface area contributed by atoms with E-state index in [1.54, 1.807) is 0 Å². The smallest absolute Gasteiger partial charge is 0.414 e. The van der Waals surface area contributed by atoms with Gasteiger partial charge in [0.05, 0.1) is 12.2 Å². The van der Waals surface area contributed by atoms with Crippen molar-refractivity contribution in [3.05, 3.63) is 28.5 Å². The van der Waals surface area contributed by atoms with Crippen LogP contribution in [-0.4, -0.2) is 49.2 Å². The summed E-state index contributed by atoms with van der Waals surface area (Å²) in [7, 11) is -3.95. The summed E-state index contributed by atoms with van der Waals surface area (Å²) in [6, 6.07) is 4.08. The van der Waals surface area contributed by atoms with Gasteiger partial charge < -0.3 is 9.84 Å². The van der Waals surface area contributed by atoms with Gasteiger partial charge in [-0.2, -0.15) is 0 Å². The number of ether oxygens (including phenoxy) is 1. The van der Waals surface area contributed by atoms with E-state index in [2.05, 4.69) is 15.9 Å². The summed E-state index contributed by atoms with van der Waals surface area (Å²) in [5.74, 6) is -2.19. The van der Waals surface area contributed by atoms with Crippen LogP contribution >= 0.6 is 15.9 Å². The number of cyclic esters (lactones) is 1. The standard InChI is InChI=1S/C14H15BrFNO6S/c1-14(12(18)19,24(2,21)22)6-9-7-17(13(20)23-9)11-4-3-8(15)5-10(11)16/h3-5,9H,6-7H2,1-2H3,(H,18,19)/t9-,14+/m0/s1. The molecule has 0 aliphatic carbocycles. The lowest BCUT2D eigenvalue weighted by molar-refractivity contribution is -0.140. The lowest BCUT2D eigenvalue weighted by Crippen LogP contribution is -2.46. The third kappa shape index (κ3) is 3.39. The Morgan fingerprint density at radius 2 is 2.17 bits per heavy atom. The molecular weight excluding hydrogens is 409 g/mol. The summed E-state index contributed by atoms with van der Waals surface area (Å²) in [5.41, 5.74) is -0.0258. The number of hydrogen-bond donors (Lipinski definition) is 1. The number of hydrogen-bond acceptors (Lipinski definition) is 5. The van der Waals surface area contributed by atoms with Gasteiger partial charge in [-0.25, -0.2) is 17.6 Å². The number of carboxylic acid groups (broad SMARTS) is 1. The van der Waals surface area contributed by atoms with Crippen LogP contribution < -0.4 is 4.90 Å². The number of carboxylic acids is 1. The van der Waals surface area contributed by atoms with E-state index < -0.39 is 45.0 Å². The molecule has 2 atom stereocenters. The van der Waals surface area contributed by atoms with Crippen molar-refractivity contribution < 1.29 is 32.2 Å². The maximum Gasteiger partial charge on any atom is 0.414 e. The van der Waals surface area contributed by atoms with Crippen molar-refractivity contribution in [2.24, 2.45) is 0 Å². The number of amides is 1. The quantitative estimate of drug-likeness (QED) is 0.778. The number of anilines is 1. The Morgan fingerprint density at radius 1 is 1.54 bits per heavy atom. The van der Waals surface area contributed by atoms with Crippen molar-refractivity contribution in [1.29, 1.82) is 0 Å². The molecule has 2 rings (SSSR count). The molecule has 0 aromatic heterocycles. The highest BCUT2D eigenvalue weighted by molar-refractivity contribution is 9.10. The topological polar surface area (TPSA) is 101 Å². The van der Waals surface area contributed by atoms with E-state index in [1.165, 1.54) is 18.2 Å². The van der Waals surface area contributed by atoms with Crippen LogP contribution in [0.4, 0.5) is 14.9 Å². The Labute approximate surface area is 146 Å². The number of aliphatic carboxylic acids is 1.